The average molecular weight is 230 g/mol. The van der Waals surface area contributed by atoms with E-state index in [4.69, 9.17) is 20.0 Å². The van der Waals surface area contributed by atoms with Crippen LogP contribution in [-0.4, -0.2) is 56.3 Å². The van der Waals surface area contributed by atoms with Crippen molar-refractivity contribution in [2.75, 3.05) is 6.61 Å². The van der Waals surface area contributed by atoms with Crippen LogP contribution in [0.3, 0.4) is 0 Å². The molecule has 0 bridgehead atoms. The second-order valence-electron chi connectivity index (χ2n) is 2.84. The summed E-state index contributed by atoms with van der Waals surface area (Å²) in [6, 6.07) is 0. The molecule has 0 spiro atoms. The second kappa shape index (κ2) is 4.21. The highest BCUT2D eigenvalue weighted by Crippen LogP contribution is 2.39. The molecule has 0 aromatic heterocycles. The van der Waals surface area contributed by atoms with Crippen LogP contribution in [-0.2, 0) is 13.8 Å². The summed E-state index contributed by atoms with van der Waals surface area (Å²) in [6.07, 6.45) is -6.21. The first kappa shape index (κ1) is 12.0. The van der Waals surface area contributed by atoms with Crippen LogP contribution in [0.2, 0.25) is 0 Å². The van der Waals surface area contributed by atoms with Gasteiger partial charge >= 0.3 is 7.82 Å². The molecule has 1 rings (SSSR count). The lowest BCUT2D eigenvalue weighted by molar-refractivity contribution is -0.249. The molecule has 8 nitrogen and oxygen atoms in total. The molecule has 9 heteroatoms. The molecule has 0 radical (unpaired) electrons. The molecule has 0 aromatic carbocycles. The SMILES string of the molecule is O=P(O)(O)O[C@H]1COC(O)[C@@H](O)[C@H]1O. The number of hydrogen-bond acceptors (Lipinski definition) is 6. The van der Waals surface area contributed by atoms with Crippen molar-refractivity contribution in [1.82, 2.24) is 0 Å². The van der Waals surface area contributed by atoms with Crippen LogP contribution < -0.4 is 0 Å². The fourth-order valence-electron chi connectivity index (χ4n) is 1.05. The normalized spacial score (nSPS) is 39.8. The number of phosphoric acid groups is 1. The van der Waals surface area contributed by atoms with E-state index in [1.165, 1.54) is 0 Å². The highest BCUT2D eigenvalue weighted by molar-refractivity contribution is 7.46. The van der Waals surface area contributed by atoms with Crippen molar-refractivity contribution < 1.29 is 38.9 Å². The van der Waals surface area contributed by atoms with Crippen LogP contribution in [0, 0.1) is 0 Å². The summed E-state index contributed by atoms with van der Waals surface area (Å²) in [7, 11) is -4.75. The Morgan fingerprint density at radius 2 is 1.79 bits per heavy atom. The van der Waals surface area contributed by atoms with E-state index in [-0.39, 0.29) is 0 Å². The number of ether oxygens (including phenoxy) is 1. The highest BCUT2D eigenvalue weighted by atomic mass is 31.2. The summed E-state index contributed by atoms with van der Waals surface area (Å²) in [5.41, 5.74) is 0. The molecule has 1 saturated heterocycles. The predicted octanol–water partition coefficient (Wildman–Crippen LogP) is -2.47. The molecule has 5 N–H and O–H groups in total. The maximum absolute atomic E-state index is 10.4. The fourth-order valence-corrected chi connectivity index (χ4v) is 1.59. The summed E-state index contributed by atoms with van der Waals surface area (Å²) in [6.45, 7) is -0.412. The van der Waals surface area contributed by atoms with E-state index < -0.39 is 39.0 Å². The minimum atomic E-state index is -4.75. The van der Waals surface area contributed by atoms with E-state index in [9.17, 15) is 9.67 Å². The van der Waals surface area contributed by atoms with E-state index in [1.54, 1.807) is 0 Å². The Morgan fingerprint density at radius 3 is 2.29 bits per heavy atom. The van der Waals surface area contributed by atoms with Crippen molar-refractivity contribution in [3.05, 3.63) is 0 Å². The van der Waals surface area contributed by atoms with Crippen LogP contribution in [0.25, 0.3) is 0 Å². The van der Waals surface area contributed by atoms with Gasteiger partial charge in [0.25, 0.3) is 0 Å². The van der Waals surface area contributed by atoms with E-state index in [0.717, 1.165) is 0 Å². The van der Waals surface area contributed by atoms with E-state index in [1.807, 2.05) is 0 Å². The molecule has 0 aliphatic carbocycles. The zero-order valence-corrected chi connectivity index (χ0v) is 7.82. The lowest BCUT2D eigenvalue weighted by Crippen LogP contribution is -2.53. The second-order valence-corrected chi connectivity index (χ2v) is 4.03. The van der Waals surface area contributed by atoms with Gasteiger partial charge in [0.2, 0.25) is 0 Å². The summed E-state index contributed by atoms with van der Waals surface area (Å²) in [4.78, 5) is 16.8. The van der Waals surface area contributed by atoms with Gasteiger partial charge in [0.1, 0.15) is 18.3 Å². The Kier molecular flexibility index (Phi) is 3.62. The van der Waals surface area contributed by atoms with Crippen LogP contribution >= 0.6 is 7.82 Å². The smallest absolute Gasteiger partial charge is 0.387 e. The van der Waals surface area contributed by atoms with Crippen molar-refractivity contribution in [1.29, 1.82) is 0 Å². The van der Waals surface area contributed by atoms with Gasteiger partial charge in [-0.25, -0.2) is 4.57 Å². The van der Waals surface area contributed by atoms with Gasteiger partial charge < -0.3 is 29.8 Å². The number of rotatable bonds is 2. The third-order valence-corrected chi connectivity index (χ3v) is 2.27. The van der Waals surface area contributed by atoms with Gasteiger partial charge in [0.05, 0.1) is 6.61 Å². The van der Waals surface area contributed by atoms with Crippen molar-refractivity contribution in [2.45, 2.75) is 24.6 Å². The standard InChI is InChI=1S/C5H11O8P/c6-3-2(13-14(9,10)11)1-12-5(8)4(3)7/h2-8H,1H2,(H2,9,10,11)/t2-,3-,4-,5?/m0/s1. The summed E-state index contributed by atoms with van der Waals surface area (Å²) < 4.78 is 19.0. The first-order valence-electron chi connectivity index (χ1n) is 3.71. The molecule has 1 heterocycles. The zero-order chi connectivity index (χ0) is 10.9. The van der Waals surface area contributed by atoms with Crippen molar-refractivity contribution in [3.8, 4) is 0 Å². The molecule has 1 unspecified atom stereocenters. The molecule has 14 heavy (non-hydrogen) atoms. The van der Waals surface area contributed by atoms with Crippen LogP contribution in [0.15, 0.2) is 0 Å². The molecule has 0 saturated carbocycles. The molecular weight excluding hydrogens is 219 g/mol. The summed E-state index contributed by atoms with van der Waals surface area (Å²) >= 11 is 0. The zero-order valence-electron chi connectivity index (χ0n) is 6.92. The van der Waals surface area contributed by atoms with Gasteiger partial charge in [0.15, 0.2) is 6.29 Å². The topological polar surface area (TPSA) is 137 Å². The molecule has 0 aromatic rings. The summed E-state index contributed by atoms with van der Waals surface area (Å²) in [5.74, 6) is 0. The van der Waals surface area contributed by atoms with E-state index in [0.29, 0.717) is 0 Å². The number of aliphatic hydroxyl groups is 3. The van der Waals surface area contributed by atoms with Crippen molar-refractivity contribution >= 4 is 7.82 Å². The lowest BCUT2D eigenvalue weighted by atomic mass is 10.1. The Bertz CT molecular complexity index is 238. The molecular formula is C5H11O8P. The Balaban J connectivity index is 2.60. The lowest BCUT2D eigenvalue weighted by Gasteiger charge is -2.34. The third-order valence-electron chi connectivity index (χ3n) is 1.73. The maximum atomic E-state index is 10.4. The number of aliphatic hydroxyl groups excluding tert-OH is 3. The Hall–Kier alpha value is -0.0500. The van der Waals surface area contributed by atoms with Gasteiger partial charge in [-0.05, 0) is 0 Å². The molecule has 1 aliphatic heterocycles. The minimum absolute atomic E-state index is 0.412. The van der Waals surface area contributed by atoms with Crippen molar-refractivity contribution in [3.63, 3.8) is 0 Å². The van der Waals surface area contributed by atoms with Gasteiger partial charge in [0, 0.05) is 0 Å². The van der Waals surface area contributed by atoms with Crippen LogP contribution in [0.4, 0.5) is 0 Å². The van der Waals surface area contributed by atoms with Gasteiger partial charge in [-0.1, -0.05) is 0 Å². The van der Waals surface area contributed by atoms with Gasteiger partial charge in [-0.15, -0.1) is 0 Å². The molecule has 84 valence electrons. The van der Waals surface area contributed by atoms with Crippen LogP contribution in [0.5, 0.6) is 0 Å². The molecule has 4 atom stereocenters. The van der Waals surface area contributed by atoms with E-state index >= 15 is 0 Å². The highest BCUT2D eigenvalue weighted by Gasteiger charge is 2.41. The Labute approximate surface area is 78.9 Å². The van der Waals surface area contributed by atoms with Gasteiger partial charge in [-0.3, -0.25) is 4.52 Å². The Morgan fingerprint density at radius 1 is 1.21 bits per heavy atom. The van der Waals surface area contributed by atoms with Crippen LogP contribution in [0.1, 0.15) is 0 Å². The first-order valence-corrected chi connectivity index (χ1v) is 5.24. The minimum Gasteiger partial charge on any atom is -0.387 e. The molecule has 1 aliphatic rings. The molecule has 1 fully saturated rings. The van der Waals surface area contributed by atoms with Crippen molar-refractivity contribution in [2.24, 2.45) is 0 Å². The van der Waals surface area contributed by atoms with Gasteiger partial charge in [-0.2, -0.15) is 0 Å². The van der Waals surface area contributed by atoms with E-state index in [2.05, 4.69) is 9.26 Å². The number of phosphoric ester groups is 1. The molecule has 0 amide bonds. The third kappa shape index (κ3) is 2.97. The number of hydrogen-bond donors (Lipinski definition) is 5. The summed E-state index contributed by atoms with van der Waals surface area (Å²) in [5, 5.41) is 27.2. The average Bonchev–Trinajstić information content (AvgIpc) is 2.04. The largest absolute Gasteiger partial charge is 0.470 e. The maximum Gasteiger partial charge on any atom is 0.470 e. The first-order chi connectivity index (χ1) is 6.31. The monoisotopic (exact) mass is 230 g/mol. The quantitative estimate of drug-likeness (QED) is 0.329. The fraction of sp³-hybridized carbons (Fsp3) is 1.00. The predicted molar refractivity (Wildman–Crippen MR) is 40.9 cm³/mol.